The van der Waals surface area contributed by atoms with E-state index in [1.165, 1.54) is 12.1 Å². The van der Waals surface area contributed by atoms with E-state index in [0.717, 1.165) is 22.4 Å². The van der Waals surface area contributed by atoms with Crippen molar-refractivity contribution in [2.45, 2.75) is 59.1 Å². The van der Waals surface area contributed by atoms with E-state index >= 15 is 0 Å². The summed E-state index contributed by atoms with van der Waals surface area (Å²) in [4.78, 5) is 15.5. The molecule has 1 unspecified atom stereocenters. The van der Waals surface area contributed by atoms with Gasteiger partial charge in [-0.2, -0.15) is 0 Å². The molecule has 3 aromatic rings. The first-order valence-corrected chi connectivity index (χ1v) is 12.5. The summed E-state index contributed by atoms with van der Waals surface area (Å²) < 4.78 is 31.2. The lowest BCUT2D eigenvalue weighted by Crippen LogP contribution is -2.29. The highest BCUT2D eigenvalue weighted by Gasteiger charge is 2.38. The number of anilines is 1. The van der Waals surface area contributed by atoms with E-state index in [2.05, 4.69) is 0 Å². The number of nitrogens with zero attached hydrogens (tertiary/aromatic N) is 1. The van der Waals surface area contributed by atoms with Gasteiger partial charge in [0.1, 0.15) is 30.4 Å². The normalized spacial score (nSPS) is 16.2. The van der Waals surface area contributed by atoms with Gasteiger partial charge in [-0.25, -0.2) is 4.39 Å². The van der Waals surface area contributed by atoms with E-state index in [-0.39, 0.29) is 17.6 Å². The number of hydrogen-bond donors (Lipinski definition) is 0. The molecule has 2 heterocycles. The molecule has 6 heteroatoms. The second-order valence-corrected chi connectivity index (χ2v) is 9.68. The summed E-state index contributed by atoms with van der Waals surface area (Å²) in [6, 6.07) is 17.9. The maximum Gasteiger partial charge on any atom is 0.235 e. The molecule has 0 saturated heterocycles. The van der Waals surface area contributed by atoms with Crippen LogP contribution in [0.1, 0.15) is 57.2 Å². The number of hydrogen-bond acceptors (Lipinski definition) is 4. The third-order valence-corrected chi connectivity index (χ3v) is 5.99. The number of rotatable bonds is 5. The van der Waals surface area contributed by atoms with Gasteiger partial charge in [-0.05, 0) is 68.1 Å². The van der Waals surface area contributed by atoms with Gasteiger partial charge >= 0.3 is 0 Å². The number of para-hydroxylation sites is 1. The van der Waals surface area contributed by atoms with Crippen LogP contribution >= 0.6 is 0 Å². The standard InChI is InChI=1S/C28H28FNO4.C2H6/c1-28(2,3)34-24-16-26-25(32-12-13-33-26)15-19(24)14-22-21-6-4-5-7-23(21)30(27(22)31)17-18-8-10-20(29)11-9-18;1-2/h4-11,15-16,22H,12-14,17H2,1-3H3;1-2H3. The summed E-state index contributed by atoms with van der Waals surface area (Å²) in [5.74, 6) is 1.39. The van der Waals surface area contributed by atoms with E-state index in [0.29, 0.717) is 43.4 Å². The van der Waals surface area contributed by atoms with E-state index in [9.17, 15) is 9.18 Å². The molecule has 5 rings (SSSR count). The van der Waals surface area contributed by atoms with Gasteiger partial charge in [-0.15, -0.1) is 0 Å². The third kappa shape index (κ3) is 5.48. The van der Waals surface area contributed by atoms with E-state index < -0.39 is 5.60 Å². The maximum absolute atomic E-state index is 13.7. The third-order valence-electron chi connectivity index (χ3n) is 5.99. The predicted octanol–water partition coefficient (Wildman–Crippen LogP) is 6.67. The number of amides is 1. The number of fused-ring (bicyclic) bond motifs is 2. The molecule has 0 aliphatic carbocycles. The van der Waals surface area contributed by atoms with Crippen molar-refractivity contribution in [2.24, 2.45) is 0 Å². The number of halogens is 1. The molecule has 1 amide bonds. The Morgan fingerprint density at radius 2 is 1.61 bits per heavy atom. The topological polar surface area (TPSA) is 48.0 Å². The Hall–Kier alpha value is -3.54. The van der Waals surface area contributed by atoms with Crippen molar-refractivity contribution in [1.29, 1.82) is 0 Å². The van der Waals surface area contributed by atoms with Crippen molar-refractivity contribution < 1.29 is 23.4 Å². The van der Waals surface area contributed by atoms with Crippen LogP contribution in [-0.4, -0.2) is 24.7 Å². The van der Waals surface area contributed by atoms with Gasteiger partial charge in [-0.3, -0.25) is 4.79 Å². The lowest BCUT2D eigenvalue weighted by molar-refractivity contribution is -0.119. The van der Waals surface area contributed by atoms with Gasteiger partial charge in [0, 0.05) is 11.8 Å². The Kier molecular flexibility index (Phi) is 7.53. The lowest BCUT2D eigenvalue weighted by atomic mass is 9.92. The number of carbonyl (C=O) groups excluding carboxylic acids is 1. The smallest absolute Gasteiger partial charge is 0.235 e. The molecule has 0 fully saturated rings. The average Bonchev–Trinajstić information content (AvgIpc) is 3.12. The van der Waals surface area contributed by atoms with Gasteiger partial charge in [0.05, 0.1) is 12.5 Å². The minimum atomic E-state index is -0.412. The Morgan fingerprint density at radius 1 is 0.972 bits per heavy atom. The van der Waals surface area contributed by atoms with Crippen molar-refractivity contribution in [3.05, 3.63) is 83.2 Å². The molecule has 1 atom stereocenters. The van der Waals surface area contributed by atoms with Crippen LogP contribution in [0.3, 0.4) is 0 Å². The minimum absolute atomic E-state index is 0.0159. The monoisotopic (exact) mass is 491 g/mol. The fourth-order valence-electron chi connectivity index (χ4n) is 4.52. The van der Waals surface area contributed by atoms with E-state index in [1.807, 2.05) is 71.0 Å². The molecule has 2 aliphatic rings. The van der Waals surface area contributed by atoms with Gasteiger partial charge in [0.15, 0.2) is 11.5 Å². The lowest BCUT2D eigenvalue weighted by Gasteiger charge is -2.27. The highest BCUT2D eigenvalue weighted by Crippen LogP contribution is 2.44. The van der Waals surface area contributed by atoms with Crippen LogP contribution in [0.4, 0.5) is 10.1 Å². The number of ether oxygens (including phenoxy) is 3. The van der Waals surface area contributed by atoms with Gasteiger partial charge < -0.3 is 19.1 Å². The summed E-state index contributed by atoms with van der Waals surface area (Å²) in [5, 5.41) is 0. The van der Waals surface area contributed by atoms with Crippen LogP contribution < -0.4 is 19.1 Å². The Morgan fingerprint density at radius 3 is 2.28 bits per heavy atom. The summed E-state index contributed by atoms with van der Waals surface area (Å²) in [5.41, 5.74) is 3.23. The first-order valence-electron chi connectivity index (χ1n) is 12.5. The molecule has 0 saturated carbocycles. The zero-order valence-corrected chi connectivity index (χ0v) is 21.6. The molecule has 5 nitrogen and oxygen atoms in total. The van der Waals surface area contributed by atoms with Crippen molar-refractivity contribution in [3.8, 4) is 17.2 Å². The Bertz CT molecular complexity index is 1220. The molecule has 0 N–H and O–H groups in total. The Balaban J connectivity index is 0.00000148. The van der Waals surface area contributed by atoms with Crippen LogP contribution in [0, 0.1) is 5.82 Å². The molecule has 3 aromatic carbocycles. The van der Waals surface area contributed by atoms with Gasteiger partial charge in [0.25, 0.3) is 0 Å². The highest BCUT2D eigenvalue weighted by atomic mass is 19.1. The van der Waals surface area contributed by atoms with Gasteiger partial charge in [-0.1, -0.05) is 44.2 Å². The van der Waals surface area contributed by atoms with Crippen LogP contribution in [0.5, 0.6) is 17.2 Å². The molecule has 36 heavy (non-hydrogen) atoms. The Labute approximate surface area is 212 Å². The van der Waals surface area contributed by atoms with Crippen LogP contribution in [0.15, 0.2) is 60.7 Å². The van der Waals surface area contributed by atoms with Crippen molar-refractivity contribution in [3.63, 3.8) is 0 Å². The SMILES string of the molecule is CC.CC(C)(C)Oc1cc2c(cc1CC1C(=O)N(Cc3ccc(F)cc3)c3ccccc31)OCCO2. The molecular formula is C30H34FNO4. The molecule has 0 spiro atoms. The second-order valence-electron chi connectivity index (χ2n) is 9.68. The molecule has 2 aliphatic heterocycles. The van der Waals surface area contributed by atoms with Crippen LogP contribution in [0.2, 0.25) is 0 Å². The van der Waals surface area contributed by atoms with E-state index in [1.54, 1.807) is 17.0 Å². The fourth-order valence-corrected chi connectivity index (χ4v) is 4.52. The average molecular weight is 492 g/mol. The zero-order valence-electron chi connectivity index (χ0n) is 21.6. The summed E-state index contributed by atoms with van der Waals surface area (Å²) in [6.07, 6.45) is 0.470. The predicted molar refractivity (Wildman–Crippen MR) is 140 cm³/mol. The quantitative estimate of drug-likeness (QED) is 0.400. The minimum Gasteiger partial charge on any atom is -0.488 e. The molecule has 0 bridgehead atoms. The number of carbonyl (C=O) groups is 1. The van der Waals surface area contributed by atoms with E-state index in [4.69, 9.17) is 14.2 Å². The first kappa shape index (κ1) is 25.5. The summed E-state index contributed by atoms with van der Waals surface area (Å²) in [7, 11) is 0. The maximum atomic E-state index is 13.7. The second kappa shape index (κ2) is 10.6. The van der Waals surface area contributed by atoms with Crippen LogP contribution in [0.25, 0.3) is 0 Å². The summed E-state index contributed by atoms with van der Waals surface area (Å²) >= 11 is 0. The summed E-state index contributed by atoms with van der Waals surface area (Å²) in [6.45, 7) is 11.4. The van der Waals surface area contributed by atoms with Gasteiger partial charge in [0.2, 0.25) is 5.91 Å². The number of benzene rings is 3. The van der Waals surface area contributed by atoms with Crippen LogP contribution in [-0.2, 0) is 17.8 Å². The molecule has 190 valence electrons. The zero-order chi connectivity index (χ0) is 25.9. The van der Waals surface area contributed by atoms with Crippen molar-refractivity contribution >= 4 is 11.6 Å². The molecule has 0 radical (unpaired) electrons. The fraction of sp³-hybridized carbons (Fsp3) is 0.367. The van der Waals surface area contributed by atoms with Crippen molar-refractivity contribution in [1.82, 2.24) is 0 Å². The van der Waals surface area contributed by atoms with Crippen molar-refractivity contribution in [2.75, 3.05) is 18.1 Å². The largest absolute Gasteiger partial charge is 0.488 e. The highest BCUT2D eigenvalue weighted by molar-refractivity contribution is 6.05. The molecular weight excluding hydrogens is 457 g/mol. The first-order chi connectivity index (χ1) is 17.3. The molecule has 0 aromatic heterocycles.